The molecule has 0 amide bonds. The zero-order valence-corrected chi connectivity index (χ0v) is 12.5. The second kappa shape index (κ2) is 7.07. The van der Waals surface area contributed by atoms with Gasteiger partial charge in [0.2, 0.25) is 5.88 Å². The molecule has 0 aliphatic heterocycles. The number of carboxylic acids is 1. The van der Waals surface area contributed by atoms with E-state index in [1.807, 2.05) is 27.7 Å². The molecule has 6 nitrogen and oxygen atoms in total. The molecule has 1 aromatic rings. The molecule has 1 atom stereocenters. The van der Waals surface area contributed by atoms with Gasteiger partial charge in [-0.2, -0.15) is 0 Å². The maximum atomic E-state index is 11.3. The summed E-state index contributed by atoms with van der Waals surface area (Å²) in [6.45, 7) is 8.81. The fourth-order valence-electron chi connectivity index (χ4n) is 1.88. The first-order valence-electron chi connectivity index (χ1n) is 6.73. The van der Waals surface area contributed by atoms with E-state index in [0.29, 0.717) is 31.3 Å². The van der Waals surface area contributed by atoms with Gasteiger partial charge in [0.25, 0.3) is 0 Å². The van der Waals surface area contributed by atoms with Crippen LogP contribution in [0.3, 0.4) is 0 Å². The van der Waals surface area contributed by atoms with Crippen molar-refractivity contribution in [3.63, 3.8) is 0 Å². The third-order valence-electron chi connectivity index (χ3n) is 2.67. The summed E-state index contributed by atoms with van der Waals surface area (Å²) in [5, 5.41) is 12.3. The van der Waals surface area contributed by atoms with Crippen molar-refractivity contribution in [2.75, 3.05) is 18.5 Å². The highest BCUT2D eigenvalue weighted by Gasteiger charge is 2.24. The number of rotatable bonds is 7. The van der Waals surface area contributed by atoms with Gasteiger partial charge in [0.05, 0.1) is 12.5 Å². The minimum absolute atomic E-state index is 0.0348. The number of nitrogens with zero attached hydrogens (tertiary/aromatic N) is 2. The third-order valence-corrected chi connectivity index (χ3v) is 2.67. The second-order valence-electron chi connectivity index (χ2n) is 5.86. The Balaban J connectivity index is 2.63. The van der Waals surface area contributed by atoms with E-state index in [1.54, 1.807) is 6.07 Å². The van der Waals surface area contributed by atoms with Crippen LogP contribution in [0.15, 0.2) is 12.4 Å². The predicted octanol–water partition coefficient (Wildman–Crippen LogP) is 2.42. The molecular weight excluding hydrogens is 258 g/mol. The van der Waals surface area contributed by atoms with E-state index in [0.717, 1.165) is 0 Å². The minimum Gasteiger partial charge on any atom is -0.481 e. The van der Waals surface area contributed by atoms with Crippen molar-refractivity contribution in [3.8, 4) is 5.88 Å². The molecule has 0 aliphatic carbocycles. The van der Waals surface area contributed by atoms with Crippen molar-refractivity contribution in [1.82, 2.24) is 9.97 Å². The first-order valence-corrected chi connectivity index (χ1v) is 6.73. The summed E-state index contributed by atoms with van der Waals surface area (Å²) in [5.74, 6) is -0.205. The molecule has 1 heterocycles. The maximum Gasteiger partial charge on any atom is 0.308 e. The van der Waals surface area contributed by atoms with E-state index in [4.69, 9.17) is 4.74 Å². The van der Waals surface area contributed by atoms with Gasteiger partial charge < -0.3 is 15.2 Å². The van der Waals surface area contributed by atoms with Crippen molar-refractivity contribution in [2.45, 2.75) is 34.1 Å². The monoisotopic (exact) mass is 281 g/mol. The number of carboxylic acid groups (broad SMARTS) is 1. The van der Waals surface area contributed by atoms with Crippen LogP contribution < -0.4 is 10.1 Å². The van der Waals surface area contributed by atoms with E-state index < -0.39 is 11.9 Å². The minimum atomic E-state index is -0.800. The van der Waals surface area contributed by atoms with Crippen LogP contribution >= 0.6 is 0 Å². The summed E-state index contributed by atoms with van der Waals surface area (Å²) in [6.07, 6.45) is 1.99. The van der Waals surface area contributed by atoms with E-state index in [-0.39, 0.29) is 5.41 Å². The molecule has 0 spiro atoms. The molecule has 0 radical (unpaired) electrons. The molecule has 1 rings (SSSR count). The summed E-state index contributed by atoms with van der Waals surface area (Å²) >= 11 is 0. The van der Waals surface area contributed by atoms with E-state index in [2.05, 4.69) is 15.3 Å². The molecule has 0 saturated carbocycles. The lowest BCUT2D eigenvalue weighted by Gasteiger charge is -2.23. The van der Waals surface area contributed by atoms with Crippen LogP contribution in [0.1, 0.15) is 34.1 Å². The Kier molecular flexibility index (Phi) is 5.73. The Morgan fingerprint density at radius 3 is 2.70 bits per heavy atom. The molecule has 112 valence electrons. The van der Waals surface area contributed by atoms with Gasteiger partial charge in [0.1, 0.15) is 12.1 Å². The SMILES string of the molecule is CCOc1cc(NCC(CC(C)(C)C)C(=O)O)ncn1. The smallest absolute Gasteiger partial charge is 0.308 e. The fraction of sp³-hybridized carbons (Fsp3) is 0.643. The Morgan fingerprint density at radius 1 is 1.45 bits per heavy atom. The van der Waals surface area contributed by atoms with Gasteiger partial charge in [-0.1, -0.05) is 20.8 Å². The normalized spacial score (nSPS) is 12.8. The summed E-state index contributed by atoms with van der Waals surface area (Å²) in [6, 6.07) is 1.67. The number of ether oxygens (including phenoxy) is 1. The van der Waals surface area contributed by atoms with Gasteiger partial charge in [-0.3, -0.25) is 4.79 Å². The summed E-state index contributed by atoms with van der Waals surface area (Å²) in [7, 11) is 0. The van der Waals surface area contributed by atoms with Crippen molar-refractivity contribution in [3.05, 3.63) is 12.4 Å². The quantitative estimate of drug-likeness (QED) is 0.798. The molecule has 0 bridgehead atoms. The Hall–Kier alpha value is -1.85. The van der Waals surface area contributed by atoms with Crippen LogP contribution in [-0.4, -0.2) is 34.2 Å². The van der Waals surface area contributed by atoms with Crippen LogP contribution in [0, 0.1) is 11.3 Å². The zero-order valence-electron chi connectivity index (χ0n) is 12.5. The van der Waals surface area contributed by atoms with Crippen LogP contribution in [0.4, 0.5) is 5.82 Å². The van der Waals surface area contributed by atoms with Crippen LogP contribution in [0.25, 0.3) is 0 Å². The van der Waals surface area contributed by atoms with Gasteiger partial charge in [-0.05, 0) is 18.8 Å². The van der Waals surface area contributed by atoms with Crippen molar-refractivity contribution in [2.24, 2.45) is 11.3 Å². The van der Waals surface area contributed by atoms with E-state index in [9.17, 15) is 9.90 Å². The van der Waals surface area contributed by atoms with Gasteiger partial charge in [-0.25, -0.2) is 9.97 Å². The number of aliphatic carboxylic acids is 1. The van der Waals surface area contributed by atoms with Crippen molar-refractivity contribution in [1.29, 1.82) is 0 Å². The van der Waals surface area contributed by atoms with Crippen molar-refractivity contribution < 1.29 is 14.6 Å². The maximum absolute atomic E-state index is 11.3. The average molecular weight is 281 g/mol. The van der Waals surface area contributed by atoms with E-state index >= 15 is 0 Å². The average Bonchev–Trinajstić information content (AvgIpc) is 2.34. The Bertz CT molecular complexity index is 444. The third kappa shape index (κ3) is 5.86. The highest BCUT2D eigenvalue weighted by atomic mass is 16.5. The van der Waals surface area contributed by atoms with Gasteiger partial charge in [0.15, 0.2) is 0 Å². The molecular formula is C14H23N3O3. The molecule has 2 N–H and O–H groups in total. The zero-order chi connectivity index (χ0) is 15.2. The highest BCUT2D eigenvalue weighted by molar-refractivity contribution is 5.70. The molecule has 0 aliphatic rings. The lowest BCUT2D eigenvalue weighted by molar-refractivity contribution is -0.142. The van der Waals surface area contributed by atoms with E-state index in [1.165, 1.54) is 6.33 Å². The Morgan fingerprint density at radius 2 is 2.15 bits per heavy atom. The predicted molar refractivity (Wildman–Crippen MR) is 76.9 cm³/mol. The van der Waals surface area contributed by atoms with Gasteiger partial charge in [-0.15, -0.1) is 0 Å². The molecule has 1 aromatic heterocycles. The Labute approximate surface area is 119 Å². The lowest BCUT2D eigenvalue weighted by Crippen LogP contribution is -2.27. The molecule has 1 unspecified atom stereocenters. The highest BCUT2D eigenvalue weighted by Crippen LogP contribution is 2.25. The van der Waals surface area contributed by atoms with Crippen LogP contribution in [0.2, 0.25) is 0 Å². The number of hydrogen-bond acceptors (Lipinski definition) is 5. The van der Waals surface area contributed by atoms with Crippen molar-refractivity contribution >= 4 is 11.8 Å². The largest absolute Gasteiger partial charge is 0.481 e. The van der Waals surface area contributed by atoms with Gasteiger partial charge in [0, 0.05) is 12.6 Å². The van der Waals surface area contributed by atoms with Crippen LogP contribution in [-0.2, 0) is 4.79 Å². The number of aromatic nitrogens is 2. The number of hydrogen-bond donors (Lipinski definition) is 2. The summed E-state index contributed by atoms with van der Waals surface area (Å²) in [4.78, 5) is 19.3. The second-order valence-corrected chi connectivity index (χ2v) is 5.86. The standard InChI is InChI=1S/C14H23N3O3/c1-5-20-12-6-11(16-9-17-12)15-8-10(13(18)19)7-14(2,3)4/h6,9-10H,5,7-8H2,1-4H3,(H,18,19)(H,15,16,17). The molecule has 0 saturated heterocycles. The summed E-state index contributed by atoms with van der Waals surface area (Å²) < 4.78 is 5.27. The fourth-order valence-corrected chi connectivity index (χ4v) is 1.88. The van der Waals surface area contributed by atoms with Crippen LogP contribution in [0.5, 0.6) is 5.88 Å². The van der Waals surface area contributed by atoms with Gasteiger partial charge >= 0.3 is 5.97 Å². The summed E-state index contributed by atoms with van der Waals surface area (Å²) in [5.41, 5.74) is -0.0348. The molecule has 20 heavy (non-hydrogen) atoms. The first-order chi connectivity index (χ1) is 9.31. The number of anilines is 1. The topological polar surface area (TPSA) is 84.3 Å². The number of nitrogens with one attached hydrogen (secondary N) is 1. The molecule has 0 aromatic carbocycles. The lowest BCUT2D eigenvalue weighted by atomic mass is 9.84. The molecule has 0 fully saturated rings. The number of carbonyl (C=O) groups is 1. The first kappa shape index (κ1) is 16.2. The molecule has 6 heteroatoms.